The van der Waals surface area contributed by atoms with Gasteiger partial charge in [-0.05, 0) is 30.2 Å². The third-order valence-electron chi connectivity index (χ3n) is 4.55. The van der Waals surface area contributed by atoms with Gasteiger partial charge < -0.3 is 15.4 Å². The second-order valence-corrected chi connectivity index (χ2v) is 6.49. The van der Waals surface area contributed by atoms with Crippen molar-refractivity contribution in [2.24, 2.45) is 13.0 Å². The molecule has 2 atom stereocenters. The van der Waals surface area contributed by atoms with Gasteiger partial charge in [-0.15, -0.1) is 12.4 Å². The average molecular weight is 393 g/mol. The lowest BCUT2D eigenvalue weighted by Gasteiger charge is -2.17. The highest BCUT2D eigenvalue weighted by molar-refractivity contribution is 5.93. The van der Waals surface area contributed by atoms with Gasteiger partial charge in [-0.3, -0.25) is 14.3 Å². The Morgan fingerprint density at radius 3 is 2.89 bits per heavy atom. The van der Waals surface area contributed by atoms with Crippen LogP contribution in [-0.2, 0) is 27.8 Å². The lowest BCUT2D eigenvalue weighted by atomic mass is 9.90. The zero-order valence-corrected chi connectivity index (χ0v) is 16.3. The van der Waals surface area contributed by atoms with Gasteiger partial charge in [-0.1, -0.05) is 12.1 Å². The Bertz CT molecular complexity index is 793. The molecule has 7 nitrogen and oxygen atoms in total. The number of carbonyl (C=O) groups excluding carboxylic acids is 2. The van der Waals surface area contributed by atoms with Crippen molar-refractivity contribution in [3.63, 3.8) is 0 Å². The van der Waals surface area contributed by atoms with Crippen LogP contribution >= 0.6 is 12.4 Å². The number of aromatic nitrogens is 2. The highest BCUT2D eigenvalue weighted by atomic mass is 35.5. The molecule has 8 heteroatoms. The highest BCUT2D eigenvalue weighted by Gasteiger charge is 2.34. The summed E-state index contributed by atoms with van der Waals surface area (Å²) in [5.41, 5.74) is 2.57. The SMILES string of the molecule is CCOC(=O)Cc1cccc(NC(=O)[C@H]2CNC[C@@H]2c2cnn(C)c2)c1.Cl. The number of anilines is 1. The number of esters is 1. The van der Waals surface area contributed by atoms with E-state index < -0.39 is 0 Å². The molecule has 146 valence electrons. The van der Waals surface area contributed by atoms with Crippen LogP contribution in [-0.4, -0.2) is 41.4 Å². The molecule has 1 aromatic carbocycles. The number of aryl methyl sites for hydroxylation is 1. The molecule has 1 saturated heterocycles. The van der Waals surface area contributed by atoms with E-state index in [9.17, 15) is 9.59 Å². The van der Waals surface area contributed by atoms with E-state index in [-0.39, 0.29) is 42.5 Å². The van der Waals surface area contributed by atoms with Crippen LogP contribution in [0.25, 0.3) is 0 Å². The molecular formula is C19H25ClN4O3. The van der Waals surface area contributed by atoms with Crippen LogP contribution in [0.3, 0.4) is 0 Å². The average Bonchev–Trinajstić information content (AvgIpc) is 3.24. The smallest absolute Gasteiger partial charge is 0.310 e. The highest BCUT2D eigenvalue weighted by Crippen LogP contribution is 2.29. The zero-order chi connectivity index (χ0) is 18.5. The Kier molecular flexibility index (Phi) is 7.38. The summed E-state index contributed by atoms with van der Waals surface area (Å²) in [6.07, 6.45) is 3.97. The number of nitrogens with zero attached hydrogens (tertiary/aromatic N) is 2. The first-order chi connectivity index (χ1) is 12.6. The molecule has 1 fully saturated rings. The van der Waals surface area contributed by atoms with Gasteiger partial charge in [0.25, 0.3) is 0 Å². The second kappa shape index (κ2) is 9.53. The fourth-order valence-corrected chi connectivity index (χ4v) is 3.31. The lowest BCUT2D eigenvalue weighted by Crippen LogP contribution is -2.28. The molecule has 27 heavy (non-hydrogen) atoms. The van der Waals surface area contributed by atoms with E-state index in [4.69, 9.17) is 4.74 Å². The number of hydrogen-bond donors (Lipinski definition) is 2. The van der Waals surface area contributed by atoms with E-state index in [1.807, 2.05) is 43.7 Å². The first-order valence-electron chi connectivity index (χ1n) is 8.81. The summed E-state index contributed by atoms with van der Waals surface area (Å²) < 4.78 is 6.72. The number of halogens is 1. The number of benzene rings is 1. The number of hydrogen-bond acceptors (Lipinski definition) is 5. The summed E-state index contributed by atoms with van der Waals surface area (Å²) in [6.45, 7) is 3.53. The standard InChI is InChI=1S/C19H24N4O3.ClH/c1-3-26-18(24)8-13-5-4-6-15(7-13)22-19(25)17-11-20-10-16(17)14-9-21-23(2)12-14;/h4-7,9,12,16-17,20H,3,8,10-11H2,1-2H3,(H,22,25);1H/t16-,17+;/m1./s1. The fourth-order valence-electron chi connectivity index (χ4n) is 3.31. The summed E-state index contributed by atoms with van der Waals surface area (Å²) in [5, 5.41) is 10.5. The maximum Gasteiger partial charge on any atom is 0.310 e. The summed E-state index contributed by atoms with van der Waals surface area (Å²) in [6, 6.07) is 7.32. The first kappa shape index (κ1) is 20.9. The normalized spacial score (nSPS) is 18.6. The summed E-state index contributed by atoms with van der Waals surface area (Å²) >= 11 is 0. The van der Waals surface area contributed by atoms with Crippen molar-refractivity contribution < 1.29 is 14.3 Å². The summed E-state index contributed by atoms with van der Waals surface area (Å²) in [5.74, 6) is -0.357. The van der Waals surface area contributed by atoms with Crippen LogP contribution < -0.4 is 10.6 Å². The molecule has 0 unspecified atom stereocenters. The van der Waals surface area contributed by atoms with Gasteiger partial charge in [0.15, 0.2) is 0 Å². The van der Waals surface area contributed by atoms with E-state index >= 15 is 0 Å². The van der Waals surface area contributed by atoms with Crippen LogP contribution in [0.2, 0.25) is 0 Å². The van der Waals surface area contributed by atoms with Gasteiger partial charge in [0.05, 0.1) is 25.1 Å². The minimum absolute atomic E-state index is 0. The molecule has 0 aliphatic carbocycles. The van der Waals surface area contributed by atoms with E-state index in [1.165, 1.54) is 0 Å². The molecule has 2 aromatic rings. The van der Waals surface area contributed by atoms with Crippen LogP contribution in [0.4, 0.5) is 5.69 Å². The molecule has 0 spiro atoms. The third kappa shape index (κ3) is 5.30. The maximum atomic E-state index is 12.8. The minimum Gasteiger partial charge on any atom is -0.466 e. The number of rotatable bonds is 6. The maximum absolute atomic E-state index is 12.8. The molecule has 1 aliphatic rings. The molecule has 0 radical (unpaired) electrons. The molecule has 0 bridgehead atoms. The molecular weight excluding hydrogens is 368 g/mol. The lowest BCUT2D eigenvalue weighted by molar-refractivity contribution is -0.142. The van der Waals surface area contributed by atoms with Gasteiger partial charge in [0.2, 0.25) is 5.91 Å². The van der Waals surface area contributed by atoms with Crippen LogP contribution in [0.5, 0.6) is 0 Å². The predicted molar refractivity (Wildman–Crippen MR) is 105 cm³/mol. The number of ether oxygens (including phenoxy) is 1. The van der Waals surface area contributed by atoms with Crippen LogP contribution in [0.1, 0.15) is 24.0 Å². The predicted octanol–water partition coefficient (Wildman–Crippen LogP) is 1.89. The van der Waals surface area contributed by atoms with Crippen molar-refractivity contribution in [3.8, 4) is 0 Å². The molecule has 2 N–H and O–H groups in total. The molecule has 2 heterocycles. The van der Waals surface area contributed by atoms with Gasteiger partial charge in [-0.25, -0.2) is 0 Å². The van der Waals surface area contributed by atoms with Gasteiger partial charge in [0.1, 0.15) is 0 Å². The number of nitrogens with one attached hydrogen (secondary N) is 2. The van der Waals surface area contributed by atoms with Crippen LogP contribution in [0, 0.1) is 5.92 Å². The monoisotopic (exact) mass is 392 g/mol. The Morgan fingerprint density at radius 1 is 1.37 bits per heavy atom. The van der Waals surface area contributed by atoms with Gasteiger partial charge in [-0.2, -0.15) is 5.10 Å². The first-order valence-corrected chi connectivity index (χ1v) is 8.81. The second-order valence-electron chi connectivity index (χ2n) is 6.49. The molecule has 1 amide bonds. The van der Waals surface area contributed by atoms with Crippen molar-refractivity contribution in [3.05, 3.63) is 47.8 Å². The quantitative estimate of drug-likeness (QED) is 0.733. The topological polar surface area (TPSA) is 85.2 Å². The Morgan fingerprint density at radius 2 is 2.19 bits per heavy atom. The zero-order valence-electron chi connectivity index (χ0n) is 15.5. The summed E-state index contributed by atoms with van der Waals surface area (Å²) in [4.78, 5) is 24.4. The van der Waals surface area contributed by atoms with Crippen LogP contribution in [0.15, 0.2) is 36.7 Å². The van der Waals surface area contributed by atoms with E-state index in [0.29, 0.717) is 18.8 Å². The van der Waals surface area contributed by atoms with Gasteiger partial charge >= 0.3 is 5.97 Å². The largest absolute Gasteiger partial charge is 0.466 e. The minimum atomic E-state index is -0.271. The fraction of sp³-hybridized carbons (Fsp3) is 0.421. The van der Waals surface area contributed by atoms with E-state index in [0.717, 1.165) is 17.7 Å². The van der Waals surface area contributed by atoms with E-state index in [2.05, 4.69) is 15.7 Å². The van der Waals surface area contributed by atoms with Crippen molar-refractivity contribution in [1.29, 1.82) is 0 Å². The molecule has 0 saturated carbocycles. The third-order valence-corrected chi connectivity index (χ3v) is 4.55. The Hall–Kier alpha value is -2.38. The summed E-state index contributed by atoms with van der Waals surface area (Å²) in [7, 11) is 1.87. The molecule has 1 aliphatic heterocycles. The van der Waals surface area contributed by atoms with E-state index in [1.54, 1.807) is 11.6 Å². The van der Waals surface area contributed by atoms with Crippen molar-refractivity contribution in [2.75, 3.05) is 25.0 Å². The Labute approximate surface area is 164 Å². The van der Waals surface area contributed by atoms with Crippen molar-refractivity contribution >= 4 is 30.0 Å². The molecule has 3 rings (SSSR count). The number of carbonyl (C=O) groups is 2. The molecule has 1 aromatic heterocycles. The van der Waals surface area contributed by atoms with Crippen molar-refractivity contribution in [2.45, 2.75) is 19.3 Å². The van der Waals surface area contributed by atoms with Crippen molar-refractivity contribution in [1.82, 2.24) is 15.1 Å². The number of amides is 1. The Balaban J connectivity index is 0.00000261. The van der Waals surface area contributed by atoms with Gasteiger partial charge in [0, 0.05) is 37.9 Å².